The summed E-state index contributed by atoms with van der Waals surface area (Å²) in [6.07, 6.45) is 6.15. The molecule has 0 amide bonds. The van der Waals surface area contributed by atoms with Crippen molar-refractivity contribution < 1.29 is 0 Å². The van der Waals surface area contributed by atoms with Crippen LogP contribution < -0.4 is 0 Å². The van der Waals surface area contributed by atoms with E-state index >= 15 is 0 Å². The standard InChI is InChI=1S/C15H12N2S4/c1-2-6-12(7-3-1)8-5-11-18-21-20-15-17-13-9-4-10-16-14(13)19-15/h1-10H,11H2. The number of benzene rings is 1. The molecule has 2 heterocycles. The first kappa shape index (κ1) is 15.0. The Hall–Kier alpha value is -0.950. The number of aromatic nitrogens is 2. The molecule has 0 N–H and O–H groups in total. The summed E-state index contributed by atoms with van der Waals surface area (Å²) in [6.45, 7) is 0. The van der Waals surface area contributed by atoms with Gasteiger partial charge in [-0.2, -0.15) is 0 Å². The van der Waals surface area contributed by atoms with E-state index in [1.807, 2.05) is 35.2 Å². The molecule has 6 heteroatoms. The molecule has 0 saturated heterocycles. The van der Waals surface area contributed by atoms with E-state index in [1.54, 1.807) is 32.0 Å². The number of pyridine rings is 1. The van der Waals surface area contributed by atoms with Gasteiger partial charge in [-0.15, -0.1) is 0 Å². The lowest BCUT2D eigenvalue weighted by molar-refractivity contribution is 1.30. The van der Waals surface area contributed by atoms with Crippen LogP contribution in [0.25, 0.3) is 16.4 Å². The Kier molecular flexibility index (Phi) is 5.62. The Labute approximate surface area is 139 Å². The largest absolute Gasteiger partial charge is 0.244 e. The second kappa shape index (κ2) is 7.89. The summed E-state index contributed by atoms with van der Waals surface area (Å²) in [4.78, 5) is 9.86. The topological polar surface area (TPSA) is 25.8 Å². The SMILES string of the molecule is C(=Cc1ccccc1)CSSSc1nc2cccnc2s1. The maximum atomic E-state index is 4.54. The molecular formula is C15H12N2S4. The van der Waals surface area contributed by atoms with Crippen LogP contribution in [-0.4, -0.2) is 15.7 Å². The molecule has 2 aromatic heterocycles. The number of fused-ring (bicyclic) bond motifs is 1. The predicted molar refractivity (Wildman–Crippen MR) is 98.8 cm³/mol. The van der Waals surface area contributed by atoms with E-state index in [4.69, 9.17) is 0 Å². The molecular weight excluding hydrogens is 336 g/mol. The van der Waals surface area contributed by atoms with Gasteiger partial charge in [0.1, 0.15) is 10.3 Å². The van der Waals surface area contributed by atoms with Gasteiger partial charge in [0, 0.05) is 11.9 Å². The van der Waals surface area contributed by atoms with Crippen LogP contribution in [0.5, 0.6) is 0 Å². The smallest absolute Gasteiger partial charge is 0.164 e. The lowest BCUT2D eigenvalue weighted by atomic mass is 10.2. The molecule has 0 spiro atoms. The number of hydrogen-bond acceptors (Lipinski definition) is 6. The Morgan fingerprint density at radius 3 is 2.86 bits per heavy atom. The van der Waals surface area contributed by atoms with Crippen LogP contribution in [0.1, 0.15) is 5.56 Å². The minimum Gasteiger partial charge on any atom is -0.244 e. The van der Waals surface area contributed by atoms with Gasteiger partial charge in [-0.25, -0.2) is 9.97 Å². The van der Waals surface area contributed by atoms with Crippen LogP contribution in [0.4, 0.5) is 0 Å². The fraction of sp³-hybridized carbons (Fsp3) is 0.0667. The van der Waals surface area contributed by atoms with Gasteiger partial charge in [0.25, 0.3) is 0 Å². The summed E-state index contributed by atoms with van der Waals surface area (Å²) >= 11 is 1.65. The lowest BCUT2D eigenvalue weighted by Crippen LogP contribution is -1.70. The van der Waals surface area contributed by atoms with E-state index in [1.165, 1.54) is 5.56 Å². The fourth-order valence-electron chi connectivity index (χ4n) is 1.65. The lowest BCUT2D eigenvalue weighted by Gasteiger charge is -1.94. The third-order valence-electron chi connectivity index (χ3n) is 2.57. The van der Waals surface area contributed by atoms with E-state index in [0.717, 1.165) is 20.4 Å². The molecule has 0 radical (unpaired) electrons. The molecule has 3 rings (SSSR count). The maximum Gasteiger partial charge on any atom is 0.164 e. The molecule has 0 fully saturated rings. The van der Waals surface area contributed by atoms with Crippen LogP contribution in [0.2, 0.25) is 0 Å². The molecule has 0 atom stereocenters. The van der Waals surface area contributed by atoms with Gasteiger partial charge in [0.2, 0.25) is 0 Å². The summed E-state index contributed by atoms with van der Waals surface area (Å²) in [6, 6.07) is 14.3. The van der Waals surface area contributed by atoms with E-state index in [0.29, 0.717) is 0 Å². The molecule has 0 aliphatic carbocycles. The molecule has 0 aliphatic rings. The zero-order valence-electron chi connectivity index (χ0n) is 11.0. The average molecular weight is 349 g/mol. The summed E-state index contributed by atoms with van der Waals surface area (Å²) < 4.78 is 1.06. The Bertz CT molecular complexity index is 692. The molecule has 0 unspecified atom stereocenters. The maximum absolute atomic E-state index is 4.54. The van der Waals surface area contributed by atoms with Crippen LogP contribution in [0, 0.1) is 0 Å². The first-order valence-electron chi connectivity index (χ1n) is 6.31. The van der Waals surface area contributed by atoms with Gasteiger partial charge in [-0.3, -0.25) is 0 Å². The van der Waals surface area contributed by atoms with Crippen molar-refractivity contribution in [2.24, 2.45) is 0 Å². The minimum atomic E-state index is 0.982. The van der Waals surface area contributed by atoms with Gasteiger partial charge in [0.15, 0.2) is 4.34 Å². The average Bonchev–Trinajstić information content (AvgIpc) is 2.94. The second-order valence-corrected chi connectivity index (χ2v) is 9.39. The van der Waals surface area contributed by atoms with E-state index in [9.17, 15) is 0 Å². The Morgan fingerprint density at radius 1 is 1.10 bits per heavy atom. The van der Waals surface area contributed by atoms with Crippen molar-refractivity contribution >= 4 is 59.2 Å². The van der Waals surface area contributed by atoms with Crippen molar-refractivity contribution in [1.82, 2.24) is 9.97 Å². The van der Waals surface area contributed by atoms with Crippen molar-refractivity contribution in [2.45, 2.75) is 4.34 Å². The summed E-state index contributed by atoms with van der Waals surface area (Å²) in [5, 5.41) is 0. The summed E-state index contributed by atoms with van der Waals surface area (Å²) in [5.74, 6) is 0.982. The summed E-state index contributed by atoms with van der Waals surface area (Å²) in [5.41, 5.74) is 2.23. The van der Waals surface area contributed by atoms with Gasteiger partial charge in [-0.05, 0) is 38.3 Å². The summed E-state index contributed by atoms with van der Waals surface area (Å²) in [7, 11) is 5.28. The first-order valence-corrected chi connectivity index (χ1v) is 10.8. The van der Waals surface area contributed by atoms with Crippen molar-refractivity contribution in [1.29, 1.82) is 0 Å². The van der Waals surface area contributed by atoms with Gasteiger partial charge < -0.3 is 0 Å². The zero-order chi connectivity index (χ0) is 14.3. The number of hydrogen-bond donors (Lipinski definition) is 0. The Balaban J connectivity index is 1.43. The molecule has 3 aromatic rings. The van der Waals surface area contributed by atoms with Crippen molar-refractivity contribution in [3.63, 3.8) is 0 Å². The molecule has 106 valence electrons. The van der Waals surface area contributed by atoms with E-state index in [2.05, 4.69) is 46.4 Å². The van der Waals surface area contributed by atoms with Crippen LogP contribution in [0.3, 0.4) is 0 Å². The van der Waals surface area contributed by atoms with Crippen molar-refractivity contribution in [3.8, 4) is 0 Å². The van der Waals surface area contributed by atoms with Gasteiger partial charge in [-0.1, -0.05) is 64.6 Å². The monoisotopic (exact) mass is 348 g/mol. The number of nitrogens with zero attached hydrogens (tertiary/aromatic N) is 2. The quantitative estimate of drug-likeness (QED) is 0.415. The van der Waals surface area contributed by atoms with Crippen LogP contribution in [0.15, 0.2) is 59.1 Å². The highest BCUT2D eigenvalue weighted by Gasteiger charge is 2.04. The van der Waals surface area contributed by atoms with Crippen LogP contribution in [-0.2, 0) is 0 Å². The molecule has 0 saturated carbocycles. The Morgan fingerprint density at radius 2 is 2.00 bits per heavy atom. The third kappa shape index (κ3) is 4.51. The van der Waals surface area contributed by atoms with Crippen molar-refractivity contribution in [2.75, 3.05) is 5.75 Å². The molecule has 1 aromatic carbocycles. The van der Waals surface area contributed by atoms with Gasteiger partial charge in [0.05, 0.1) is 0 Å². The highest BCUT2D eigenvalue weighted by Crippen LogP contribution is 2.42. The van der Waals surface area contributed by atoms with Crippen LogP contribution >= 0.6 is 42.8 Å². The van der Waals surface area contributed by atoms with E-state index in [-0.39, 0.29) is 0 Å². The highest BCUT2D eigenvalue weighted by atomic mass is 33.5. The number of thiazole rings is 1. The predicted octanol–water partition coefficient (Wildman–Crippen LogP) is 5.79. The first-order chi connectivity index (χ1) is 10.4. The normalized spacial score (nSPS) is 11.4. The minimum absolute atomic E-state index is 0.982. The molecule has 2 nitrogen and oxygen atoms in total. The number of rotatable bonds is 6. The second-order valence-electron chi connectivity index (χ2n) is 4.06. The highest BCUT2D eigenvalue weighted by molar-refractivity contribution is 9.09. The molecule has 0 bridgehead atoms. The third-order valence-corrected chi connectivity index (χ3v) is 7.74. The molecule has 21 heavy (non-hydrogen) atoms. The fourth-order valence-corrected chi connectivity index (χ4v) is 6.49. The zero-order valence-corrected chi connectivity index (χ0v) is 14.3. The van der Waals surface area contributed by atoms with Gasteiger partial charge >= 0.3 is 0 Å². The molecule has 0 aliphatic heterocycles. The van der Waals surface area contributed by atoms with Crippen molar-refractivity contribution in [3.05, 3.63) is 60.3 Å². The van der Waals surface area contributed by atoms with E-state index < -0.39 is 0 Å².